The molecule has 0 aliphatic rings. The first-order valence-electron chi connectivity index (χ1n) is 11.2. The third-order valence-electron chi connectivity index (χ3n) is 5.14. The number of hydrogen-bond acceptors (Lipinski definition) is 5. The second-order valence-electron chi connectivity index (χ2n) is 7.61. The first-order valence-corrected chi connectivity index (χ1v) is 11.2. The van der Waals surface area contributed by atoms with Gasteiger partial charge in [0.05, 0.1) is 12.8 Å². The van der Waals surface area contributed by atoms with E-state index in [-0.39, 0.29) is 0 Å². The van der Waals surface area contributed by atoms with Crippen LogP contribution in [0, 0.1) is 0 Å². The van der Waals surface area contributed by atoms with E-state index in [1.54, 1.807) is 30.3 Å². The van der Waals surface area contributed by atoms with Gasteiger partial charge in [-0.05, 0) is 65.2 Å². The van der Waals surface area contributed by atoms with Crippen molar-refractivity contribution < 1.29 is 19.1 Å². The summed E-state index contributed by atoms with van der Waals surface area (Å²) in [6, 6.07) is 28.3. The summed E-state index contributed by atoms with van der Waals surface area (Å²) in [6.07, 6.45) is 1.45. The standard InChI is InChI=1S/C28H25N3O4/c1-2-34-24-15-13-23(14-16-24)30-27(32)28(33)31-29-18-20-7-5-11-25(17-20)35-19-22-10-6-9-21-8-3-4-12-26(21)22/h3-18H,2,19H2,1H3,(H,30,32)(H,31,33). The number of amides is 2. The molecule has 0 aliphatic heterocycles. The maximum atomic E-state index is 12.1. The van der Waals surface area contributed by atoms with Crippen LogP contribution in [0.5, 0.6) is 11.5 Å². The van der Waals surface area contributed by atoms with Crippen molar-refractivity contribution in [2.45, 2.75) is 13.5 Å². The Balaban J connectivity index is 1.30. The van der Waals surface area contributed by atoms with Crippen molar-refractivity contribution in [1.29, 1.82) is 0 Å². The van der Waals surface area contributed by atoms with Crippen LogP contribution in [0.25, 0.3) is 10.8 Å². The van der Waals surface area contributed by atoms with Crippen LogP contribution >= 0.6 is 0 Å². The lowest BCUT2D eigenvalue weighted by atomic mass is 10.1. The van der Waals surface area contributed by atoms with Gasteiger partial charge >= 0.3 is 11.8 Å². The highest BCUT2D eigenvalue weighted by molar-refractivity contribution is 6.39. The molecular formula is C28H25N3O4. The molecule has 7 nitrogen and oxygen atoms in total. The molecule has 0 aromatic heterocycles. The molecule has 0 aliphatic carbocycles. The second-order valence-corrected chi connectivity index (χ2v) is 7.61. The first-order chi connectivity index (χ1) is 17.1. The van der Waals surface area contributed by atoms with Crippen LogP contribution in [-0.4, -0.2) is 24.6 Å². The predicted octanol–water partition coefficient (Wildman–Crippen LogP) is 4.91. The summed E-state index contributed by atoms with van der Waals surface area (Å²) in [5.41, 5.74) is 4.52. The lowest BCUT2D eigenvalue weighted by molar-refractivity contribution is -0.136. The molecular weight excluding hydrogens is 442 g/mol. The van der Waals surface area contributed by atoms with Gasteiger partial charge in [0.2, 0.25) is 0 Å². The molecule has 4 rings (SSSR count). The van der Waals surface area contributed by atoms with Crippen LogP contribution in [0.4, 0.5) is 5.69 Å². The molecule has 0 spiro atoms. The molecule has 0 bridgehead atoms. The summed E-state index contributed by atoms with van der Waals surface area (Å²) >= 11 is 0. The fourth-order valence-corrected chi connectivity index (χ4v) is 3.47. The highest BCUT2D eigenvalue weighted by Gasteiger charge is 2.12. The number of carbonyl (C=O) groups is 2. The van der Waals surface area contributed by atoms with Gasteiger partial charge in [0, 0.05) is 5.69 Å². The van der Waals surface area contributed by atoms with Crippen LogP contribution in [0.15, 0.2) is 96.1 Å². The van der Waals surface area contributed by atoms with Crippen molar-refractivity contribution in [2.75, 3.05) is 11.9 Å². The van der Waals surface area contributed by atoms with Gasteiger partial charge in [-0.1, -0.05) is 54.6 Å². The minimum atomic E-state index is -0.876. The second kappa shape index (κ2) is 11.5. The lowest BCUT2D eigenvalue weighted by Gasteiger charge is -2.09. The maximum absolute atomic E-state index is 12.1. The fraction of sp³-hybridized carbons (Fsp3) is 0.107. The van der Waals surface area contributed by atoms with E-state index in [0.717, 1.165) is 16.3 Å². The average molecular weight is 468 g/mol. The number of nitrogens with one attached hydrogen (secondary N) is 2. The number of ether oxygens (including phenoxy) is 2. The number of carbonyl (C=O) groups excluding carboxylic acids is 2. The Labute approximate surface area is 203 Å². The molecule has 2 amide bonds. The minimum absolute atomic E-state index is 0.421. The number of rotatable bonds is 8. The third kappa shape index (κ3) is 6.45. The van der Waals surface area contributed by atoms with Crippen molar-refractivity contribution in [1.82, 2.24) is 5.43 Å². The SMILES string of the molecule is CCOc1ccc(NC(=O)C(=O)NN=Cc2cccc(OCc3cccc4ccccc34)c2)cc1. The first kappa shape index (κ1) is 23.5. The monoisotopic (exact) mass is 467 g/mol. The number of hydrogen-bond donors (Lipinski definition) is 2. The van der Waals surface area contributed by atoms with Gasteiger partial charge in [-0.3, -0.25) is 9.59 Å². The van der Waals surface area contributed by atoms with E-state index < -0.39 is 11.8 Å². The Bertz CT molecular complexity index is 1340. The number of benzene rings is 4. The molecule has 4 aromatic rings. The van der Waals surface area contributed by atoms with Crippen LogP contribution in [0.3, 0.4) is 0 Å². The molecule has 0 heterocycles. The third-order valence-corrected chi connectivity index (χ3v) is 5.14. The molecule has 0 fully saturated rings. The Hall–Kier alpha value is -4.65. The quantitative estimate of drug-likeness (QED) is 0.219. The summed E-state index contributed by atoms with van der Waals surface area (Å²) < 4.78 is 11.3. The van der Waals surface area contributed by atoms with E-state index in [1.165, 1.54) is 6.21 Å². The van der Waals surface area contributed by atoms with Gasteiger partial charge in [0.1, 0.15) is 18.1 Å². The zero-order valence-electron chi connectivity index (χ0n) is 19.2. The number of fused-ring (bicyclic) bond motifs is 1. The minimum Gasteiger partial charge on any atom is -0.494 e. The summed E-state index contributed by atoms with van der Waals surface area (Å²) in [5.74, 6) is -0.346. The Morgan fingerprint density at radius 1 is 0.829 bits per heavy atom. The number of anilines is 1. The summed E-state index contributed by atoms with van der Waals surface area (Å²) in [7, 11) is 0. The van der Waals surface area contributed by atoms with Crippen molar-refractivity contribution in [3.63, 3.8) is 0 Å². The van der Waals surface area contributed by atoms with Crippen molar-refractivity contribution in [3.05, 3.63) is 102 Å². The fourth-order valence-electron chi connectivity index (χ4n) is 3.47. The van der Waals surface area contributed by atoms with Crippen molar-refractivity contribution in [2.24, 2.45) is 5.10 Å². The molecule has 4 aromatic carbocycles. The summed E-state index contributed by atoms with van der Waals surface area (Å²) in [4.78, 5) is 24.1. The zero-order chi connectivity index (χ0) is 24.5. The normalized spacial score (nSPS) is 10.8. The van der Waals surface area contributed by atoms with E-state index in [0.29, 0.717) is 36.0 Å². The topological polar surface area (TPSA) is 89.0 Å². The van der Waals surface area contributed by atoms with Gasteiger partial charge in [-0.2, -0.15) is 5.10 Å². The Morgan fingerprint density at radius 2 is 1.60 bits per heavy atom. The Morgan fingerprint density at radius 3 is 2.43 bits per heavy atom. The molecule has 0 unspecified atom stereocenters. The molecule has 35 heavy (non-hydrogen) atoms. The molecule has 0 atom stereocenters. The molecule has 0 radical (unpaired) electrons. The van der Waals surface area contributed by atoms with Crippen LogP contribution in [0.1, 0.15) is 18.1 Å². The average Bonchev–Trinajstić information content (AvgIpc) is 2.89. The van der Waals surface area contributed by atoms with Gasteiger partial charge in [-0.25, -0.2) is 5.43 Å². The van der Waals surface area contributed by atoms with Gasteiger partial charge in [0.25, 0.3) is 0 Å². The molecule has 2 N–H and O–H groups in total. The van der Waals surface area contributed by atoms with E-state index in [2.05, 4.69) is 34.0 Å². The predicted molar refractivity (Wildman–Crippen MR) is 137 cm³/mol. The molecule has 176 valence electrons. The van der Waals surface area contributed by atoms with Crippen LogP contribution in [-0.2, 0) is 16.2 Å². The van der Waals surface area contributed by atoms with Gasteiger partial charge in [0.15, 0.2) is 0 Å². The smallest absolute Gasteiger partial charge is 0.329 e. The van der Waals surface area contributed by atoms with E-state index in [9.17, 15) is 9.59 Å². The molecule has 0 saturated carbocycles. The van der Waals surface area contributed by atoms with Crippen molar-refractivity contribution >= 4 is 34.5 Å². The van der Waals surface area contributed by atoms with Gasteiger partial charge < -0.3 is 14.8 Å². The largest absolute Gasteiger partial charge is 0.494 e. The van der Waals surface area contributed by atoms with Crippen LogP contribution in [0.2, 0.25) is 0 Å². The maximum Gasteiger partial charge on any atom is 0.329 e. The molecule has 0 saturated heterocycles. The zero-order valence-corrected chi connectivity index (χ0v) is 19.2. The highest BCUT2D eigenvalue weighted by atomic mass is 16.5. The lowest BCUT2D eigenvalue weighted by Crippen LogP contribution is -2.32. The highest BCUT2D eigenvalue weighted by Crippen LogP contribution is 2.21. The van der Waals surface area contributed by atoms with Crippen molar-refractivity contribution in [3.8, 4) is 11.5 Å². The number of hydrazone groups is 1. The Kier molecular flexibility index (Phi) is 7.70. The summed E-state index contributed by atoms with van der Waals surface area (Å²) in [6.45, 7) is 2.85. The van der Waals surface area contributed by atoms with E-state index >= 15 is 0 Å². The van der Waals surface area contributed by atoms with E-state index in [4.69, 9.17) is 9.47 Å². The van der Waals surface area contributed by atoms with E-state index in [1.807, 2.05) is 49.4 Å². The van der Waals surface area contributed by atoms with Gasteiger partial charge in [-0.15, -0.1) is 0 Å². The van der Waals surface area contributed by atoms with Crippen LogP contribution < -0.4 is 20.2 Å². The summed E-state index contributed by atoms with van der Waals surface area (Å²) in [5, 5.41) is 8.71. The molecule has 7 heteroatoms. The number of nitrogens with zero attached hydrogens (tertiary/aromatic N) is 1.